The van der Waals surface area contributed by atoms with Crippen LogP contribution >= 0.6 is 34.8 Å². The second-order valence-electron chi connectivity index (χ2n) is 4.96. The zero-order valence-corrected chi connectivity index (χ0v) is 14.7. The Morgan fingerprint density at radius 2 is 1.75 bits per heavy atom. The number of aryl methyl sites for hydroxylation is 1. The molecule has 0 saturated heterocycles. The molecule has 0 bridgehead atoms. The number of halogens is 3. The van der Waals surface area contributed by atoms with Crippen LogP contribution in [0, 0.1) is 6.92 Å². The molecule has 0 aliphatic carbocycles. The topological polar surface area (TPSA) is 59.8 Å². The third-order valence-corrected chi connectivity index (χ3v) is 3.95. The first-order chi connectivity index (χ1) is 11.4. The number of nitrogens with zero attached hydrogens (tertiary/aromatic N) is 3. The first-order valence-electron chi connectivity index (χ1n) is 6.90. The Bertz CT molecular complexity index is 903. The third kappa shape index (κ3) is 3.53. The zero-order chi connectivity index (χ0) is 17.3. The number of carbonyl (C=O) groups excluding carboxylic acids is 1. The van der Waals surface area contributed by atoms with Gasteiger partial charge in [-0.3, -0.25) is 4.79 Å². The van der Waals surface area contributed by atoms with E-state index >= 15 is 0 Å². The molecule has 1 aromatic heterocycles. The van der Waals surface area contributed by atoms with Crippen molar-refractivity contribution in [1.82, 2.24) is 14.8 Å². The number of rotatable bonds is 3. The Morgan fingerprint density at radius 3 is 2.42 bits per heavy atom. The van der Waals surface area contributed by atoms with Crippen LogP contribution in [0.1, 0.15) is 16.4 Å². The molecule has 122 valence electrons. The monoisotopic (exact) mass is 380 g/mol. The Kier molecular flexibility index (Phi) is 4.76. The molecule has 24 heavy (non-hydrogen) atoms. The van der Waals surface area contributed by atoms with Gasteiger partial charge in [-0.1, -0.05) is 46.9 Å². The summed E-state index contributed by atoms with van der Waals surface area (Å²) in [5, 5.41) is 8.27. The predicted octanol–water partition coefficient (Wildman–Crippen LogP) is 4.79. The molecule has 0 atom stereocenters. The quantitative estimate of drug-likeness (QED) is 0.709. The number of anilines is 1. The lowest BCUT2D eigenvalue weighted by molar-refractivity contribution is 0.101. The summed E-state index contributed by atoms with van der Waals surface area (Å²) < 4.78 is 1.50. The van der Waals surface area contributed by atoms with Gasteiger partial charge >= 0.3 is 0 Å². The number of hydrogen-bond acceptors (Lipinski definition) is 3. The second kappa shape index (κ2) is 6.81. The van der Waals surface area contributed by atoms with E-state index in [4.69, 9.17) is 34.8 Å². The minimum atomic E-state index is -0.460. The molecule has 0 saturated carbocycles. The van der Waals surface area contributed by atoms with Gasteiger partial charge in [0.05, 0.1) is 16.4 Å². The number of para-hydroxylation sites is 1. The minimum absolute atomic E-state index is 0.0171. The Hall–Kier alpha value is -2.08. The molecule has 3 rings (SSSR count). The second-order valence-corrected chi connectivity index (χ2v) is 6.24. The number of carbonyl (C=O) groups is 1. The summed E-state index contributed by atoms with van der Waals surface area (Å²) in [5.74, 6) is 0.0826. The van der Waals surface area contributed by atoms with Crippen LogP contribution in [0.3, 0.4) is 0 Å². The maximum atomic E-state index is 12.3. The van der Waals surface area contributed by atoms with E-state index in [0.717, 1.165) is 0 Å². The molecule has 1 N–H and O–H groups in total. The lowest BCUT2D eigenvalue weighted by atomic mass is 10.3. The van der Waals surface area contributed by atoms with E-state index in [1.165, 1.54) is 4.68 Å². The fourth-order valence-electron chi connectivity index (χ4n) is 2.13. The molecular formula is C16H11Cl3N4O. The molecular weight excluding hydrogens is 371 g/mol. The number of nitrogens with one attached hydrogen (secondary N) is 1. The molecule has 0 unspecified atom stereocenters. The van der Waals surface area contributed by atoms with Crippen LogP contribution < -0.4 is 5.32 Å². The average molecular weight is 382 g/mol. The molecule has 2 aromatic carbocycles. The highest BCUT2D eigenvalue weighted by molar-refractivity contribution is 6.35. The van der Waals surface area contributed by atoms with Gasteiger partial charge in [0.2, 0.25) is 5.82 Å². The van der Waals surface area contributed by atoms with Crippen LogP contribution in [0.25, 0.3) is 5.69 Å². The van der Waals surface area contributed by atoms with Gasteiger partial charge in [-0.15, -0.1) is 5.10 Å². The highest BCUT2D eigenvalue weighted by atomic mass is 35.5. The van der Waals surface area contributed by atoms with E-state index in [9.17, 15) is 4.79 Å². The van der Waals surface area contributed by atoms with Crippen molar-refractivity contribution in [2.45, 2.75) is 6.92 Å². The molecule has 0 spiro atoms. The number of aromatic nitrogens is 3. The SMILES string of the molecule is Cc1nc(C(=O)Nc2ccccc2Cl)nn1-c1cc(Cl)cc(Cl)c1. The summed E-state index contributed by atoms with van der Waals surface area (Å²) in [6, 6.07) is 11.9. The van der Waals surface area contributed by atoms with Crippen LogP contribution in [0.5, 0.6) is 0 Å². The van der Waals surface area contributed by atoms with E-state index in [0.29, 0.717) is 32.3 Å². The van der Waals surface area contributed by atoms with Crippen molar-refractivity contribution < 1.29 is 4.79 Å². The van der Waals surface area contributed by atoms with E-state index in [1.807, 2.05) is 0 Å². The molecule has 1 heterocycles. The summed E-state index contributed by atoms with van der Waals surface area (Å²) in [4.78, 5) is 16.5. The molecule has 0 fully saturated rings. The Labute approximate surface area is 153 Å². The fourth-order valence-corrected chi connectivity index (χ4v) is 2.83. The van der Waals surface area contributed by atoms with Crippen LogP contribution in [-0.2, 0) is 0 Å². The molecule has 8 heteroatoms. The molecule has 0 aliphatic rings. The highest BCUT2D eigenvalue weighted by Gasteiger charge is 2.16. The summed E-state index contributed by atoms with van der Waals surface area (Å²) in [7, 11) is 0. The van der Waals surface area contributed by atoms with E-state index in [1.54, 1.807) is 49.4 Å². The van der Waals surface area contributed by atoms with Gasteiger partial charge in [0.25, 0.3) is 5.91 Å². The smallest absolute Gasteiger partial charge is 0.295 e. The van der Waals surface area contributed by atoms with Crippen molar-refractivity contribution in [2.24, 2.45) is 0 Å². The van der Waals surface area contributed by atoms with Crippen LogP contribution in [0.4, 0.5) is 5.69 Å². The van der Waals surface area contributed by atoms with Gasteiger partial charge in [-0.05, 0) is 37.3 Å². The van der Waals surface area contributed by atoms with Crippen molar-refractivity contribution in [3.63, 3.8) is 0 Å². The Balaban J connectivity index is 1.91. The van der Waals surface area contributed by atoms with Crippen molar-refractivity contribution >= 4 is 46.4 Å². The first-order valence-corrected chi connectivity index (χ1v) is 8.03. The molecule has 0 aliphatic heterocycles. The fraction of sp³-hybridized carbons (Fsp3) is 0.0625. The number of amides is 1. The van der Waals surface area contributed by atoms with Gasteiger partial charge in [0.15, 0.2) is 0 Å². The predicted molar refractivity (Wildman–Crippen MR) is 95.5 cm³/mol. The molecule has 3 aromatic rings. The summed E-state index contributed by atoms with van der Waals surface area (Å²) in [6.07, 6.45) is 0. The lowest BCUT2D eigenvalue weighted by Crippen LogP contribution is -2.14. The van der Waals surface area contributed by atoms with Gasteiger partial charge < -0.3 is 5.32 Å². The van der Waals surface area contributed by atoms with Gasteiger partial charge in [0.1, 0.15) is 5.82 Å². The average Bonchev–Trinajstić information content (AvgIpc) is 2.91. The van der Waals surface area contributed by atoms with Gasteiger partial charge in [-0.25, -0.2) is 9.67 Å². The highest BCUT2D eigenvalue weighted by Crippen LogP contribution is 2.23. The van der Waals surface area contributed by atoms with Gasteiger partial charge in [-0.2, -0.15) is 0 Å². The van der Waals surface area contributed by atoms with E-state index in [-0.39, 0.29) is 5.82 Å². The number of hydrogen-bond donors (Lipinski definition) is 1. The third-order valence-electron chi connectivity index (χ3n) is 3.19. The normalized spacial score (nSPS) is 10.7. The van der Waals surface area contributed by atoms with E-state index in [2.05, 4.69) is 15.4 Å². The largest absolute Gasteiger partial charge is 0.318 e. The van der Waals surface area contributed by atoms with Crippen molar-refractivity contribution in [1.29, 1.82) is 0 Å². The first kappa shape index (κ1) is 16.8. The van der Waals surface area contributed by atoms with Crippen molar-refractivity contribution in [2.75, 3.05) is 5.32 Å². The molecule has 0 radical (unpaired) electrons. The maximum absolute atomic E-state index is 12.3. The van der Waals surface area contributed by atoms with Crippen LogP contribution in [0.2, 0.25) is 15.1 Å². The van der Waals surface area contributed by atoms with E-state index < -0.39 is 5.91 Å². The van der Waals surface area contributed by atoms with Gasteiger partial charge in [0, 0.05) is 10.0 Å². The maximum Gasteiger partial charge on any atom is 0.295 e. The minimum Gasteiger partial charge on any atom is -0.318 e. The summed E-state index contributed by atoms with van der Waals surface area (Å²) in [5.41, 5.74) is 1.11. The van der Waals surface area contributed by atoms with Crippen LogP contribution in [-0.4, -0.2) is 20.7 Å². The van der Waals surface area contributed by atoms with Crippen molar-refractivity contribution in [3.8, 4) is 5.69 Å². The summed E-state index contributed by atoms with van der Waals surface area (Å²) in [6.45, 7) is 1.73. The van der Waals surface area contributed by atoms with Crippen molar-refractivity contribution in [3.05, 3.63) is 69.2 Å². The zero-order valence-electron chi connectivity index (χ0n) is 12.4. The molecule has 5 nitrogen and oxygen atoms in total. The number of benzene rings is 2. The standard InChI is InChI=1S/C16H11Cl3N4O/c1-9-20-15(16(24)21-14-5-3-2-4-13(14)19)22-23(9)12-7-10(17)6-11(18)8-12/h2-8H,1H3,(H,21,24). The Morgan fingerprint density at radius 1 is 1.08 bits per heavy atom. The molecule has 1 amide bonds. The van der Waals surface area contributed by atoms with Crippen LogP contribution in [0.15, 0.2) is 42.5 Å². The lowest BCUT2D eigenvalue weighted by Gasteiger charge is -2.05. The summed E-state index contributed by atoms with van der Waals surface area (Å²) >= 11 is 18.0.